The topological polar surface area (TPSA) is 50.1 Å². The number of hydrogen-bond donors (Lipinski definition) is 0. The zero-order valence-electron chi connectivity index (χ0n) is 8.07. The van der Waals surface area contributed by atoms with E-state index < -0.39 is 5.97 Å². The Balaban J connectivity index is 2.42. The van der Waals surface area contributed by atoms with Crippen molar-refractivity contribution < 1.29 is 9.53 Å². The van der Waals surface area contributed by atoms with Crippen LogP contribution < -0.4 is 0 Å². The fourth-order valence-electron chi connectivity index (χ4n) is 1.31. The molecule has 0 atom stereocenters. The second-order valence-corrected chi connectivity index (χ2v) is 4.41. The number of benzene rings is 1. The van der Waals surface area contributed by atoms with Crippen LogP contribution in [0, 0.1) is 11.3 Å². The van der Waals surface area contributed by atoms with Gasteiger partial charge in [0.25, 0.3) is 0 Å². The number of rotatable bonds is 2. The van der Waals surface area contributed by atoms with E-state index in [0.29, 0.717) is 9.90 Å². The summed E-state index contributed by atoms with van der Waals surface area (Å²) < 4.78 is 5.64. The van der Waals surface area contributed by atoms with Crippen molar-refractivity contribution in [1.82, 2.24) is 0 Å². The number of nitrogens with zero attached hydrogens (tertiary/aromatic N) is 1. The number of thiophene rings is 1. The first kappa shape index (κ1) is 10.9. The Hall–Kier alpha value is -1.57. The lowest BCUT2D eigenvalue weighted by Crippen LogP contribution is -2.03. The first-order valence-electron chi connectivity index (χ1n) is 4.45. The molecule has 2 aromatic rings. The average molecular weight is 252 g/mol. The summed E-state index contributed by atoms with van der Waals surface area (Å²) in [6, 6.07) is 9.19. The maximum absolute atomic E-state index is 11.5. The van der Waals surface area contributed by atoms with E-state index in [-0.39, 0.29) is 6.61 Å². The number of nitriles is 1. The highest BCUT2D eigenvalue weighted by atomic mass is 35.5. The minimum Gasteiger partial charge on any atom is -0.446 e. The van der Waals surface area contributed by atoms with Gasteiger partial charge in [-0.25, -0.2) is 4.79 Å². The van der Waals surface area contributed by atoms with Crippen molar-refractivity contribution in [3.8, 4) is 6.07 Å². The molecular formula is C11H6ClNO2S. The van der Waals surface area contributed by atoms with Crippen molar-refractivity contribution in [2.45, 2.75) is 0 Å². The molecule has 0 aliphatic carbocycles. The van der Waals surface area contributed by atoms with Gasteiger partial charge in [-0.2, -0.15) is 5.26 Å². The molecule has 0 N–H and O–H groups in total. The Kier molecular flexibility index (Phi) is 3.09. The maximum atomic E-state index is 11.5. The van der Waals surface area contributed by atoms with Gasteiger partial charge in [0.2, 0.25) is 0 Å². The number of halogens is 1. The largest absolute Gasteiger partial charge is 0.446 e. The van der Waals surface area contributed by atoms with Gasteiger partial charge in [0.1, 0.15) is 10.9 Å². The van der Waals surface area contributed by atoms with Crippen LogP contribution in [0.2, 0.25) is 5.02 Å². The van der Waals surface area contributed by atoms with Crippen molar-refractivity contribution in [2.24, 2.45) is 0 Å². The molecule has 3 nitrogen and oxygen atoms in total. The number of ether oxygens (including phenoxy) is 1. The molecule has 0 aliphatic heterocycles. The SMILES string of the molecule is N#CCOC(=O)c1sc2ccccc2c1Cl. The van der Waals surface area contributed by atoms with Crippen LogP contribution in [-0.4, -0.2) is 12.6 Å². The minimum atomic E-state index is -0.548. The van der Waals surface area contributed by atoms with Crippen LogP contribution in [0.3, 0.4) is 0 Å². The molecule has 5 heteroatoms. The van der Waals surface area contributed by atoms with Crippen LogP contribution in [0.1, 0.15) is 9.67 Å². The van der Waals surface area contributed by atoms with E-state index in [1.54, 1.807) is 6.07 Å². The quantitative estimate of drug-likeness (QED) is 0.770. The molecule has 1 aromatic carbocycles. The highest BCUT2D eigenvalue weighted by Gasteiger charge is 2.17. The van der Waals surface area contributed by atoms with E-state index >= 15 is 0 Å². The average Bonchev–Trinajstić information content (AvgIpc) is 2.64. The predicted molar refractivity (Wildman–Crippen MR) is 62.7 cm³/mol. The van der Waals surface area contributed by atoms with Crippen LogP contribution in [0.25, 0.3) is 10.1 Å². The Morgan fingerprint density at radius 1 is 1.50 bits per heavy atom. The molecule has 0 bridgehead atoms. The minimum absolute atomic E-state index is 0.261. The second kappa shape index (κ2) is 4.52. The molecule has 0 unspecified atom stereocenters. The molecule has 0 amide bonds. The van der Waals surface area contributed by atoms with E-state index in [2.05, 4.69) is 0 Å². The molecule has 80 valence electrons. The lowest BCUT2D eigenvalue weighted by atomic mass is 10.2. The molecule has 0 saturated carbocycles. The van der Waals surface area contributed by atoms with E-state index in [9.17, 15) is 4.79 Å². The second-order valence-electron chi connectivity index (χ2n) is 2.98. The number of carbonyl (C=O) groups excluding carboxylic acids is 1. The van der Waals surface area contributed by atoms with Crippen molar-refractivity contribution in [1.29, 1.82) is 5.26 Å². The Bertz CT molecular complexity index is 585. The standard InChI is InChI=1S/C11H6ClNO2S/c12-9-7-3-1-2-4-8(7)16-10(9)11(14)15-6-5-13/h1-4H,6H2. The summed E-state index contributed by atoms with van der Waals surface area (Å²) in [5.74, 6) is -0.548. The van der Waals surface area contributed by atoms with Gasteiger partial charge in [-0.3, -0.25) is 0 Å². The van der Waals surface area contributed by atoms with Gasteiger partial charge in [0.05, 0.1) is 5.02 Å². The number of fused-ring (bicyclic) bond motifs is 1. The van der Waals surface area contributed by atoms with Gasteiger partial charge in [0.15, 0.2) is 6.61 Å². The molecule has 0 saturated heterocycles. The molecule has 16 heavy (non-hydrogen) atoms. The molecule has 1 heterocycles. The fourth-order valence-corrected chi connectivity index (χ4v) is 2.71. The smallest absolute Gasteiger partial charge is 0.350 e. The van der Waals surface area contributed by atoms with Crippen LogP contribution in [-0.2, 0) is 4.74 Å². The van der Waals surface area contributed by atoms with E-state index in [1.807, 2.05) is 24.3 Å². The van der Waals surface area contributed by atoms with Gasteiger partial charge >= 0.3 is 5.97 Å². The van der Waals surface area contributed by atoms with E-state index in [4.69, 9.17) is 21.6 Å². The third-order valence-electron chi connectivity index (χ3n) is 1.99. The first-order valence-corrected chi connectivity index (χ1v) is 5.64. The van der Waals surface area contributed by atoms with Crippen molar-refractivity contribution in [2.75, 3.05) is 6.61 Å². The highest BCUT2D eigenvalue weighted by Crippen LogP contribution is 2.35. The normalized spacial score (nSPS) is 10.0. The van der Waals surface area contributed by atoms with Crippen molar-refractivity contribution in [3.05, 3.63) is 34.2 Å². The summed E-state index contributed by atoms with van der Waals surface area (Å²) in [6.45, 7) is -0.261. The summed E-state index contributed by atoms with van der Waals surface area (Å²) >= 11 is 7.32. The Morgan fingerprint density at radius 3 is 2.94 bits per heavy atom. The number of hydrogen-bond acceptors (Lipinski definition) is 4. The molecular weight excluding hydrogens is 246 g/mol. The molecule has 0 aliphatic rings. The first-order chi connectivity index (χ1) is 7.74. The maximum Gasteiger partial charge on any atom is 0.350 e. The molecule has 1 aromatic heterocycles. The van der Waals surface area contributed by atoms with Gasteiger partial charge in [-0.05, 0) is 6.07 Å². The third kappa shape index (κ3) is 1.87. The predicted octanol–water partition coefficient (Wildman–Crippen LogP) is 3.24. The summed E-state index contributed by atoms with van der Waals surface area (Å²) in [5, 5.41) is 9.54. The molecule has 0 spiro atoms. The fraction of sp³-hybridized carbons (Fsp3) is 0.0909. The van der Waals surface area contributed by atoms with Crippen LogP contribution in [0.4, 0.5) is 0 Å². The zero-order chi connectivity index (χ0) is 11.5. The van der Waals surface area contributed by atoms with Gasteiger partial charge in [-0.1, -0.05) is 29.8 Å². The van der Waals surface area contributed by atoms with Crippen LogP contribution >= 0.6 is 22.9 Å². The Morgan fingerprint density at radius 2 is 2.25 bits per heavy atom. The van der Waals surface area contributed by atoms with Crippen molar-refractivity contribution in [3.63, 3.8) is 0 Å². The van der Waals surface area contributed by atoms with Crippen LogP contribution in [0.15, 0.2) is 24.3 Å². The highest BCUT2D eigenvalue weighted by molar-refractivity contribution is 7.21. The number of carbonyl (C=O) groups is 1. The van der Waals surface area contributed by atoms with Gasteiger partial charge < -0.3 is 4.74 Å². The molecule has 0 radical (unpaired) electrons. The summed E-state index contributed by atoms with van der Waals surface area (Å²) in [5.41, 5.74) is 0. The van der Waals surface area contributed by atoms with Crippen LogP contribution in [0.5, 0.6) is 0 Å². The summed E-state index contributed by atoms with van der Waals surface area (Å²) in [4.78, 5) is 11.9. The summed E-state index contributed by atoms with van der Waals surface area (Å²) in [7, 11) is 0. The van der Waals surface area contributed by atoms with E-state index in [0.717, 1.165) is 10.1 Å². The van der Waals surface area contributed by atoms with Gasteiger partial charge in [-0.15, -0.1) is 11.3 Å². The monoisotopic (exact) mass is 251 g/mol. The van der Waals surface area contributed by atoms with Gasteiger partial charge in [0, 0.05) is 10.1 Å². The third-order valence-corrected chi connectivity index (χ3v) is 3.64. The molecule has 2 rings (SSSR count). The lowest BCUT2D eigenvalue weighted by molar-refractivity contribution is 0.0561. The zero-order valence-corrected chi connectivity index (χ0v) is 9.64. The Labute approximate surface area is 101 Å². The molecule has 0 fully saturated rings. The summed E-state index contributed by atoms with van der Waals surface area (Å²) in [6.07, 6.45) is 0. The van der Waals surface area contributed by atoms with E-state index in [1.165, 1.54) is 11.3 Å². The lowest BCUT2D eigenvalue weighted by Gasteiger charge is -1.96. The van der Waals surface area contributed by atoms with Crippen molar-refractivity contribution >= 4 is 39.0 Å². The number of esters is 1.